The molecule has 1 aliphatic rings. The first-order chi connectivity index (χ1) is 5.45. The van der Waals surface area contributed by atoms with Gasteiger partial charge in [0, 0.05) is 0 Å². The lowest BCUT2D eigenvalue weighted by molar-refractivity contribution is 0.514. The molecule has 2 aromatic rings. The number of aromatic nitrogens is 8. The molecule has 0 fully saturated rings. The van der Waals surface area contributed by atoms with Crippen LogP contribution in [0.3, 0.4) is 0 Å². The third-order valence-electron chi connectivity index (χ3n) is 1.53. The molecule has 1 aliphatic heterocycles. The Bertz CT molecular complexity index is 359. The van der Waals surface area contributed by atoms with Crippen LogP contribution in [-0.4, -0.2) is 40.4 Å². The Morgan fingerprint density at radius 3 is 2.00 bits per heavy atom. The highest BCUT2D eigenvalue weighted by Gasteiger charge is 2.23. The number of hydrogen-bond acceptors (Lipinski definition) is 6. The second-order valence-corrected chi connectivity index (χ2v) is 2.15. The first-order valence-electron chi connectivity index (χ1n) is 2.98. The summed E-state index contributed by atoms with van der Waals surface area (Å²) in [6.07, 6.45) is 0. The molecule has 0 amide bonds. The molecule has 8 heteroatoms. The van der Waals surface area contributed by atoms with E-state index in [9.17, 15) is 0 Å². The molecule has 0 unspecified atom stereocenters. The minimum Gasteiger partial charge on any atom is -0.200 e. The molecule has 0 aliphatic carbocycles. The summed E-state index contributed by atoms with van der Waals surface area (Å²) in [7, 11) is 0. The van der Waals surface area contributed by atoms with Crippen LogP contribution in [0.15, 0.2) is 0 Å². The number of hydrogen-bond donors (Lipinski definition) is 0. The summed E-state index contributed by atoms with van der Waals surface area (Å²) in [5.41, 5.74) is 0. The molecule has 0 bridgehead atoms. The van der Waals surface area contributed by atoms with E-state index in [2.05, 4.69) is 31.1 Å². The second kappa shape index (κ2) is 1.41. The van der Waals surface area contributed by atoms with Gasteiger partial charge in [-0.1, -0.05) is 0 Å². The van der Waals surface area contributed by atoms with Crippen LogP contribution >= 0.6 is 0 Å². The van der Waals surface area contributed by atoms with Gasteiger partial charge in [0.05, 0.1) is 0 Å². The second-order valence-electron chi connectivity index (χ2n) is 2.15. The normalized spacial score (nSPS) is 13.1. The molecule has 2 aromatic heterocycles. The highest BCUT2D eigenvalue weighted by molar-refractivity contribution is 5.43. The largest absolute Gasteiger partial charge is 0.223 e. The van der Waals surface area contributed by atoms with E-state index < -0.39 is 0 Å². The van der Waals surface area contributed by atoms with Crippen LogP contribution in [0, 0.1) is 0 Å². The summed E-state index contributed by atoms with van der Waals surface area (Å²) < 4.78 is 3.22. The van der Waals surface area contributed by atoms with Crippen LogP contribution in [0.5, 0.6) is 0 Å². The number of nitrogens with zero attached hydrogens (tertiary/aromatic N) is 8. The molecule has 3 rings (SSSR count). The standard InChI is InChI=1S/C3H2N8/c1-10-2(4-6-8-10)3-5-7-9-11(1)3/h1H2. The minimum absolute atomic E-state index is 0.505. The zero-order chi connectivity index (χ0) is 7.26. The Balaban J connectivity index is 2.38. The summed E-state index contributed by atoms with van der Waals surface area (Å²) in [4.78, 5) is 0. The Labute approximate surface area is 59.8 Å². The number of rotatable bonds is 0. The van der Waals surface area contributed by atoms with Crippen LogP contribution in [0.4, 0.5) is 0 Å². The third-order valence-corrected chi connectivity index (χ3v) is 1.53. The molecule has 0 radical (unpaired) electrons. The van der Waals surface area contributed by atoms with E-state index in [1.165, 1.54) is 0 Å². The Morgan fingerprint density at radius 1 is 0.909 bits per heavy atom. The van der Waals surface area contributed by atoms with Crippen molar-refractivity contribution in [2.75, 3.05) is 0 Å². The fraction of sp³-hybridized carbons (Fsp3) is 0.333. The van der Waals surface area contributed by atoms with Crippen LogP contribution in [0.2, 0.25) is 0 Å². The van der Waals surface area contributed by atoms with Gasteiger partial charge in [-0.05, 0) is 20.9 Å². The van der Waals surface area contributed by atoms with Gasteiger partial charge in [-0.2, -0.15) is 0 Å². The van der Waals surface area contributed by atoms with E-state index in [-0.39, 0.29) is 0 Å². The van der Waals surface area contributed by atoms with Crippen LogP contribution in [0.25, 0.3) is 11.6 Å². The van der Waals surface area contributed by atoms with Gasteiger partial charge in [-0.25, -0.2) is 9.36 Å². The van der Waals surface area contributed by atoms with Crippen LogP contribution in [-0.2, 0) is 6.67 Å². The minimum atomic E-state index is 0.505. The molecule has 8 nitrogen and oxygen atoms in total. The molecule has 0 saturated heterocycles. The van der Waals surface area contributed by atoms with Crippen molar-refractivity contribution < 1.29 is 0 Å². The van der Waals surface area contributed by atoms with Gasteiger partial charge in [0.1, 0.15) is 6.67 Å². The lowest BCUT2D eigenvalue weighted by atomic mass is 10.6. The van der Waals surface area contributed by atoms with Crippen molar-refractivity contribution in [3.8, 4) is 11.6 Å². The fourth-order valence-corrected chi connectivity index (χ4v) is 1.05. The van der Waals surface area contributed by atoms with Gasteiger partial charge in [0.2, 0.25) is 11.6 Å². The van der Waals surface area contributed by atoms with Crippen molar-refractivity contribution in [3.63, 3.8) is 0 Å². The Hall–Kier alpha value is -1.86. The van der Waals surface area contributed by atoms with E-state index in [0.717, 1.165) is 0 Å². The predicted octanol–water partition coefficient (Wildman–Crippen LogP) is -1.85. The first kappa shape index (κ1) is 4.88. The molecule has 3 heterocycles. The Morgan fingerprint density at radius 2 is 1.45 bits per heavy atom. The molecule has 11 heavy (non-hydrogen) atoms. The van der Waals surface area contributed by atoms with Crippen molar-refractivity contribution >= 4 is 0 Å². The quantitative estimate of drug-likeness (QED) is 0.373. The summed E-state index contributed by atoms with van der Waals surface area (Å²) >= 11 is 0. The monoisotopic (exact) mass is 150 g/mol. The van der Waals surface area contributed by atoms with Crippen LogP contribution in [0.1, 0.15) is 0 Å². The molecule has 0 atom stereocenters. The van der Waals surface area contributed by atoms with Crippen molar-refractivity contribution in [2.45, 2.75) is 6.67 Å². The molecular formula is C3H2N8. The highest BCUT2D eigenvalue weighted by atomic mass is 15.7. The zero-order valence-corrected chi connectivity index (χ0v) is 5.28. The van der Waals surface area contributed by atoms with E-state index >= 15 is 0 Å². The SMILES string of the molecule is C1n2nnnc2-c2nnnn21. The van der Waals surface area contributed by atoms with E-state index in [4.69, 9.17) is 0 Å². The Kier molecular flexibility index (Phi) is 0.627. The van der Waals surface area contributed by atoms with Crippen molar-refractivity contribution in [1.29, 1.82) is 0 Å². The molecule has 0 spiro atoms. The average molecular weight is 150 g/mol. The van der Waals surface area contributed by atoms with Gasteiger partial charge >= 0.3 is 0 Å². The summed E-state index contributed by atoms with van der Waals surface area (Å²) in [6.45, 7) is 0.505. The van der Waals surface area contributed by atoms with E-state index in [1.807, 2.05) is 0 Å². The molecule has 0 saturated carbocycles. The molecule has 0 aromatic carbocycles. The van der Waals surface area contributed by atoms with Gasteiger partial charge < -0.3 is 0 Å². The maximum atomic E-state index is 3.75. The lowest BCUT2D eigenvalue weighted by Gasteiger charge is -1.87. The van der Waals surface area contributed by atoms with Gasteiger partial charge in [0.15, 0.2) is 0 Å². The van der Waals surface area contributed by atoms with Crippen molar-refractivity contribution in [2.24, 2.45) is 0 Å². The molecule has 54 valence electrons. The van der Waals surface area contributed by atoms with Crippen LogP contribution < -0.4 is 0 Å². The lowest BCUT2D eigenvalue weighted by Crippen LogP contribution is -2.04. The van der Waals surface area contributed by atoms with E-state index in [0.29, 0.717) is 18.3 Å². The van der Waals surface area contributed by atoms with Gasteiger partial charge in [0.25, 0.3) is 0 Å². The molecular weight excluding hydrogens is 148 g/mol. The van der Waals surface area contributed by atoms with Crippen molar-refractivity contribution in [3.05, 3.63) is 0 Å². The van der Waals surface area contributed by atoms with Gasteiger partial charge in [-0.15, -0.1) is 10.2 Å². The predicted molar refractivity (Wildman–Crippen MR) is 30.0 cm³/mol. The maximum Gasteiger partial charge on any atom is 0.223 e. The smallest absolute Gasteiger partial charge is 0.200 e. The first-order valence-corrected chi connectivity index (χ1v) is 2.98. The summed E-state index contributed by atoms with van der Waals surface area (Å²) in [5.74, 6) is 1.24. The fourth-order valence-electron chi connectivity index (χ4n) is 1.05. The van der Waals surface area contributed by atoms with Gasteiger partial charge in [-0.3, -0.25) is 0 Å². The summed E-state index contributed by atoms with van der Waals surface area (Å²) in [5, 5.41) is 21.9. The maximum absolute atomic E-state index is 3.75. The average Bonchev–Trinajstić information content (AvgIpc) is 2.52. The summed E-state index contributed by atoms with van der Waals surface area (Å²) in [6, 6.07) is 0. The zero-order valence-electron chi connectivity index (χ0n) is 5.28. The van der Waals surface area contributed by atoms with E-state index in [1.54, 1.807) is 9.36 Å². The topological polar surface area (TPSA) is 87.2 Å². The molecule has 0 N–H and O–H groups in total. The number of fused-ring (bicyclic) bond motifs is 3. The number of tetrazole rings is 2. The highest BCUT2D eigenvalue weighted by Crippen LogP contribution is 2.16. The van der Waals surface area contributed by atoms with Crippen molar-refractivity contribution in [1.82, 2.24) is 40.4 Å². The third kappa shape index (κ3) is 0.449.